The van der Waals surface area contributed by atoms with Crippen LogP contribution in [0.5, 0.6) is 0 Å². The van der Waals surface area contributed by atoms with Gasteiger partial charge in [-0.1, -0.05) is 30.0 Å². The molecule has 0 aliphatic carbocycles. The number of thioether (sulfide) groups is 1. The summed E-state index contributed by atoms with van der Waals surface area (Å²) in [5.41, 5.74) is 1.13. The summed E-state index contributed by atoms with van der Waals surface area (Å²) in [6.07, 6.45) is 3.16. The molecule has 8 heteroatoms. The van der Waals surface area contributed by atoms with Crippen molar-refractivity contribution in [2.45, 2.75) is 37.4 Å². The Morgan fingerprint density at radius 2 is 1.94 bits per heavy atom. The maximum atomic E-state index is 13.4. The van der Waals surface area contributed by atoms with Crippen LogP contribution >= 0.6 is 11.8 Å². The van der Waals surface area contributed by atoms with Gasteiger partial charge in [0.1, 0.15) is 0 Å². The highest BCUT2D eigenvalue weighted by molar-refractivity contribution is 7.99. The predicted octanol–water partition coefficient (Wildman–Crippen LogP) is 3.67. The van der Waals surface area contributed by atoms with E-state index in [1.807, 2.05) is 35.2 Å². The predicted molar refractivity (Wildman–Crippen MR) is 124 cm³/mol. The minimum atomic E-state index is -0.496. The molecule has 0 radical (unpaired) electrons. The molecule has 0 spiro atoms. The number of carbonyl (C=O) groups is 2. The fourth-order valence-corrected chi connectivity index (χ4v) is 4.89. The Morgan fingerprint density at radius 3 is 2.66 bits per heavy atom. The summed E-state index contributed by atoms with van der Waals surface area (Å²) < 4.78 is 6.31. The number of methoxy groups -OCH3 is 1. The Hall–Kier alpha value is -3.13. The van der Waals surface area contributed by atoms with E-state index in [1.165, 1.54) is 23.4 Å². The summed E-state index contributed by atoms with van der Waals surface area (Å²) in [4.78, 5) is 44.8. The number of hydrogen-bond acceptors (Lipinski definition) is 6. The van der Waals surface area contributed by atoms with Crippen molar-refractivity contribution in [2.24, 2.45) is 0 Å². The van der Waals surface area contributed by atoms with Crippen LogP contribution in [-0.4, -0.2) is 51.8 Å². The molecule has 4 rings (SSSR count). The van der Waals surface area contributed by atoms with Crippen LogP contribution in [0.15, 0.2) is 58.5 Å². The number of hydrogen-bond donors (Lipinski definition) is 0. The van der Waals surface area contributed by atoms with Gasteiger partial charge in [-0.05, 0) is 56.5 Å². The Morgan fingerprint density at radius 1 is 1.16 bits per heavy atom. The molecule has 1 aliphatic rings. The van der Waals surface area contributed by atoms with Crippen molar-refractivity contribution < 1.29 is 14.3 Å². The highest BCUT2D eigenvalue weighted by Gasteiger charge is 2.24. The summed E-state index contributed by atoms with van der Waals surface area (Å²) in [5.74, 6) is -0.268. The van der Waals surface area contributed by atoms with E-state index < -0.39 is 5.97 Å². The average molecular weight is 452 g/mol. The number of esters is 1. The number of amides is 1. The van der Waals surface area contributed by atoms with E-state index in [0.29, 0.717) is 27.3 Å². The summed E-state index contributed by atoms with van der Waals surface area (Å²) >= 11 is 1.24. The third-order valence-electron chi connectivity index (χ3n) is 5.72. The lowest BCUT2D eigenvalue weighted by Gasteiger charge is -2.33. The van der Waals surface area contributed by atoms with Gasteiger partial charge in [0.15, 0.2) is 5.16 Å². The monoisotopic (exact) mass is 451 g/mol. The molecule has 2 aromatic carbocycles. The van der Waals surface area contributed by atoms with E-state index in [-0.39, 0.29) is 23.3 Å². The summed E-state index contributed by atoms with van der Waals surface area (Å²) in [5, 5.41) is 0.801. The Bertz CT molecular complexity index is 1210. The Balaban J connectivity index is 1.75. The Labute approximate surface area is 190 Å². The van der Waals surface area contributed by atoms with E-state index in [0.717, 1.165) is 25.8 Å². The summed E-state index contributed by atoms with van der Waals surface area (Å²) in [7, 11) is 1.31. The third kappa shape index (κ3) is 4.41. The number of carbonyl (C=O) groups excluding carboxylic acids is 2. The van der Waals surface area contributed by atoms with Crippen molar-refractivity contribution >= 4 is 34.5 Å². The lowest BCUT2D eigenvalue weighted by atomic mass is 10.0. The van der Waals surface area contributed by atoms with Gasteiger partial charge >= 0.3 is 5.97 Å². The highest BCUT2D eigenvalue weighted by Crippen LogP contribution is 2.24. The molecule has 1 fully saturated rings. The zero-order chi connectivity index (χ0) is 22.7. The highest BCUT2D eigenvalue weighted by atomic mass is 32.2. The number of likely N-dealkylation sites (tertiary alicyclic amines) is 1. The van der Waals surface area contributed by atoms with E-state index in [2.05, 4.69) is 11.9 Å². The van der Waals surface area contributed by atoms with Crippen LogP contribution in [0, 0.1) is 0 Å². The van der Waals surface area contributed by atoms with Gasteiger partial charge in [0.25, 0.3) is 5.56 Å². The number of aromatic nitrogens is 2. The number of fused-ring (bicyclic) bond motifs is 1. The SMILES string of the molecule is COC(=O)c1ccc2c(=O)n(-c3ccccc3)c(SCC(=O)N3CCCCC3C)nc2c1. The van der Waals surface area contributed by atoms with Crippen LogP contribution in [0.2, 0.25) is 0 Å². The molecule has 2 heterocycles. The van der Waals surface area contributed by atoms with Gasteiger partial charge in [-0.15, -0.1) is 0 Å². The fourth-order valence-electron chi connectivity index (χ4n) is 3.99. The molecule has 1 amide bonds. The molecule has 1 saturated heterocycles. The van der Waals surface area contributed by atoms with Crippen LogP contribution in [-0.2, 0) is 9.53 Å². The van der Waals surface area contributed by atoms with Crippen LogP contribution in [0.3, 0.4) is 0 Å². The normalized spacial score (nSPS) is 16.2. The van der Waals surface area contributed by atoms with Crippen molar-refractivity contribution in [3.8, 4) is 5.69 Å². The van der Waals surface area contributed by atoms with E-state index in [1.54, 1.807) is 18.2 Å². The van der Waals surface area contributed by atoms with Gasteiger partial charge in [0, 0.05) is 12.6 Å². The molecule has 166 valence electrons. The first kappa shape index (κ1) is 22.1. The van der Waals surface area contributed by atoms with Crippen LogP contribution < -0.4 is 5.56 Å². The molecule has 7 nitrogen and oxygen atoms in total. The number of ether oxygens (including phenoxy) is 1. The quantitative estimate of drug-likeness (QED) is 0.335. The van der Waals surface area contributed by atoms with Crippen LogP contribution in [0.1, 0.15) is 36.5 Å². The van der Waals surface area contributed by atoms with Gasteiger partial charge in [0.2, 0.25) is 5.91 Å². The second kappa shape index (κ2) is 9.56. The van der Waals surface area contributed by atoms with Crippen molar-refractivity contribution in [2.75, 3.05) is 19.4 Å². The summed E-state index contributed by atoms with van der Waals surface area (Å²) in [6.45, 7) is 2.84. The smallest absolute Gasteiger partial charge is 0.337 e. The molecule has 1 atom stereocenters. The second-order valence-electron chi connectivity index (χ2n) is 7.81. The zero-order valence-corrected chi connectivity index (χ0v) is 18.9. The average Bonchev–Trinajstić information content (AvgIpc) is 2.82. The van der Waals surface area contributed by atoms with E-state index in [4.69, 9.17) is 4.74 Å². The Kier molecular flexibility index (Phi) is 6.60. The van der Waals surface area contributed by atoms with Crippen LogP contribution in [0.25, 0.3) is 16.6 Å². The standard InChI is InChI=1S/C24H25N3O4S/c1-16-8-6-7-13-26(16)21(28)15-32-24-25-20-14-17(23(30)31-2)11-12-19(20)22(29)27(24)18-9-4-3-5-10-18/h3-5,9-12,14,16H,6-8,13,15H2,1-2H3. The van der Waals surface area contributed by atoms with Crippen molar-refractivity contribution in [1.82, 2.24) is 14.5 Å². The molecule has 1 unspecified atom stereocenters. The van der Waals surface area contributed by atoms with Gasteiger partial charge in [-0.2, -0.15) is 0 Å². The number of benzene rings is 2. The van der Waals surface area contributed by atoms with Crippen LogP contribution in [0.4, 0.5) is 0 Å². The lowest BCUT2D eigenvalue weighted by Crippen LogP contribution is -2.43. The zero-order valence-electron chi connectivity index (χ0n) is 18.1. The lowest BCUT2D eigenvalue weighted by molar-refractivity contribution is -0.131. The maximum Gasteiger partial charge on any atom is 0.337 e. The van der Waals surface area contributed by atoms with Gasteiger partial charge < -0.3 is 9.64 Å². The van der Waals surface area contributed by atoms with Crippen molar-refractivity contribution in [3.63, 3.8) is 0 Å². The molecule has 0 N–H and O–H groups in total. The van der Waals surface area contributed by atoms with Gasteiger partial charge in [-0.25, -0.2) is 9.78 Å². The minimum absolute atomic E-state index is 0.0412. The third-order valence-corrected chi connectivity index (χ3v) is 6.65. The van der Waals surface area contributed by atoms with Crippen molar-refractivity contribution in [3.05, 3.63) is 64.4 Å². The molecule has 1 aliphatic heterocycles. The first-order valence-electron chi connectivity index (χ1n) is 10.6. The number of para-hydroxylation sites is 1. The fraction of sp³-hybridized carbons (Fsp3) is 0.333. The molecule has 32 heavy (non-hydrogen) atoms. The number of piperidine rings is 1. The number of nitrogens with zero attached hydrogens (tertiary/aromatic N) is 3. The van der Waals surface area contributed by atoms with Gasteiger partial charge in [-0.3, -0.25) is 14.2 Å². The molecular weight excluding hydrogens is 426 g/mol. The second-order valence-corrected chi connectivity index (χ2v) is 8.76. The molecular formula is C24H25N3O4S. The molecule has 0 bridgehead atoms. The van der Waals surface area contributed by atoms with E-state index in [9.17, 15) is 14.4 Å². The van der Waals surface area contributed by atoms with E-state index >= 15 is 0 Å². The molecule has 0 saturated carbocycles. The minimum Gasteiger partial charge on any atom is -0.465 e. The van der Waals surface area contributed by atoms with Gasteiger partial charge in [0.05, 0.1) is 35.0 Å². The first-order valence-corrected chi connectivity index (χ1v) is 11.6. The molecule has 1 aromatic heterocycles. The largest absolute Gasteiger partial charge is 0.465 e. The first-order chi connectivity index (χ1) is 15.5. The maximum absolute atomic E-state index is 13.4. The van der Waals surface area contributed by atoms with Crippen molar-refractivity contribution in [1.29, 1.82) is 0 Å². The number of rotatable bonds is 5. The topological polar surface area (TPSA) is 81.5 Å². The summed E-state index contributed by atoms with van der Waals surface area (Å²) in [6, 6.07) is 14.2. The molecule has 3 aromatic rings.